The second-order valence-electron chi connectivity index (χ2n) is 3.96. The SMILES string of the molecule is Clc1ccc2c(c1)[C@@H]1CNC[C@@H]1OC2. The minimum Gasteiger partial charge on any atom is -0.372 e. The first-order valence-corrected chi connectivity index (χ1v) is 5.33. The van der Waals surface area contributed by atoms with Crippen molar-refractivity contribution in [1.29, 1.82) is 0 Å². The Balaban J connectivity index is 2.07. The van der Waals surface area contributed by atoms with Gasteiger partial charge in [0, 0.05) is 24.0 Å². The molecule has 1 aromatic carbocycles. The minimum absolute atomic E-state index is 0.348. The lowest BCUT2D eigenvalue weighted by atomic mass is 9.90. The van der Waals surface area contributed by atoms with Crippen LogP contribution in [0, 0.1) is 0 Å². The fourth-order valence-electron chi connectivity index (χ4n) is 2.38. The van der Waals surface area contributed by atoms with Gasteiger partial charge in [-0.1, -0.05) is 17.7 Å². The molecule has 2 aliphatic heterocycles. The Morgan fingerprint density at radius 3 is 3.21 bits per heavy atom. The fourth-order valence-corrected chi connectivity index (χ4v) is 2.56. The minimum atomic E-state index is 0.348. The van der Waals surface area contributed by atoms with Gasteiger partial charge in [0.25, 0.3) is 0 Å². The molecule has 0 radical (unpaired) electrons. The van der Waals surface area contributed by atoms with E-state index in [1.807, 2.05) is 6.07 Å². The van der Waals surface area contributed by atoms with E-state index in [1.54, 1.807) is 0 Å². The van der Waals surface area contributed by atoms with Crippen LogP contribution in [0.1, 0.15) is 17.0 Å². The highest BCUT2D eigenvalue weighted by Crippen LogP contribution is 2.34. The maximum absolute atomic E-state index is 6.01. The third-order valence-corrected chi connectivity index (χ3v) is 3.35. The van der Waals surface area contributed by atoms with Crippen LogP contribution in [0.5, 0.6) is 0 Å². The zero-order valence-electron chi connectivity index (χ0n) is 7.79. The number of nitrogens with one attached hydrogen (secondary N) is 1. The van der Waals surface area contributed by atoms with Gasteiger partial charge in [0.05, 0.1) is 12.7 Å². The summed E-state index contributed by atoms with van der Waals surface area (Å²) >= 11 is 6.01. The van der Waals surface area contributed by atoms with E-state index in [0.717, 1.165) is 24.7 Å². The third kappa shape index (κ3) is 1.26. The molecule has 74 valence electrons. The number of fused-ring (bicyclic) bond motifs is 3. The molecule has 2 heterocycles. The Morgan fingerprint density at radius 2 is 2.29 bits per heavy atom. The average Bonchev–Trinajstić information content (AvgIpc) is 2.65. The fraction of sp³-hybridized carbons (Fsp3) is 0.455. The van der Waals surface area contributed by atoms with E-state index in [1.165, 1.54) is 11.1 Å². The van der Waals surface area contributed by atoms with Crippen molar-refractivity contribution in [2.45, 2.75) is 18.6 Å². The first-order chi connectivity index (χ1) is 6.84. The van der Waals surface area contributed by atoms with Crippen molar-refractivity contribution in [2.24, 2.45) is 0 Å². The number of rotatable bonds is 0. The topological polar surface area (TPSA) is 21.3 Å². The van der Waals surface area contributed by atoms with E-state index in [9.17, 15) is 0 Å². The molecule has 0 saturated carbocycles. The summed E-state index contributed by atoms with van der Waals surface area (Å²) in [5.74, 6) is 0.498. The number of halogens is 1. The molecule has 3 heteroatoms. The second kappa shape index (κ2) is 3.23. The molecule has 1 aromatic rings. The first kappa shape index (κ1) is 8.72. The van der Waals surface area contributed by atoms with Crippen LogP contribution < -0.4 is 5.32 Å². The van der Waals surface area contributed by atoms with Gasteiger partial charge in [0.1, 0.15) is 0 Å². The largest absolute Gasteiger partial charge is 0.372 e. The average molecular weight is 210 g/mol. The van der Waals surface area contributed by atoms with E-state index < -0.39 is 0 Å². The number of ether oxygens (including phenoxy) is 1. The van der Waals surface area contributed by atoms with Gasteiger partial charge in [-0.3, -0.25) is 0 Å². The van der Waals surface area contributed by atoms with Crippen LogP contribution in [0.25, 0.3) is 0 Å². The van der Waals surface area contributed by atoms with Gasteiger partial charge in [0.15, 0.2) is 0 Å². The maximum atomic E-state index is 6.01. The van der Waals surface area contributed by atoms with Crippen molar-refractivity contribution in [3.05, 3.63) is 34.3 Å². The van der Waals surface area contributed by atoms with Crippen LogP contribution in [0.2, 0.25) is 5.02 Å². The molecular formula is C11H12ClNO. The monoisotopic (exact) mass is 209 g/mol. The molecule has 14 heavy (non-hydrogen) atoms. The summed E-state index contributed by atoms with van der Waals surface area (Å²) in [5, 5.41) is 4.19. The molecule has 0 aromatic heterocycles. The summed E-state index contributed by atoms with van der Waals surface area (Å²) in [6, 6.07) is 6.10. The second-order valence-corrected chi connectivity index (χ2v) is 4.39. The smallest absolute Gasteiger partial charge is 0.0784 e. The van der Waals surface area contributed by atoms with Gasteiger partial charge in [0.2, 0.25) is 0 Å². The Morgan fingerprint density at radius 1 is 1.36 bits per heavy atom. The molecule has 3 rings (SSSR count). The molecule has 0 spiro atoms. The normalized spacial score (nSPS) is 29.8. The number of hydrogen-bond acceptors (Lipinski definition) is 2. The Bertz CT molecular complexity index is 366. The zero-order chi connectivity index (χ0) is 9.54. The summed E-state index contributed by atoms with van der Waals surface area (Å²) < 4.78 is 5.76. The Kier molecular flexibility index (Phi) is 2.01. The lowest BCUT2D eigenvalue weighted by molar-refractivity contribution is 0.0299. The van der Waals surface area contributed by atoms with Crippen LogP contribution in [0.3, 0.4) is 0 Å². The summed E-state index contributed by atoms with van der Waals surface area (Å²) in [6.45, 7) is 2.71. The molecule has 2 aliphatic rings. The highest BCUT2D eigenvalue weighted by molar-refractivity contribution is 6.30. The zero-order valence-corrected chi connectivity index (χ0v) is 8.55. The summed E-state index contributed by atoms with van der Waals surface area (Å²) in [7, 11) is 0. The molecule has 0 bridgehead atoms. The predicted molar refractivity (Wildman–Crippen MR) is 55.6 cm³/mol. The van der Waals surface area contributed by atoms with Gasteiger partial charge < -0.3 is 10.1 Å². The number of benzene rings is 1. The third-order valence-electron chi connectivity index (χ3n) is 3.12. The lowest BCUT2D eigenvalue weighted by Gasteiger charge is -2.27. The van der Waals surface area contributed by atoms with Gasteiger partial charge >= 0.3 is 0 Å². The quantitative estimate of drug-likeness (QED) is 0.705. The lowest BCUT2D eigenvalue weighted by Crippen LogP contribution is -2.26. The van der Waals surface area contributed by atoms with Crippen LogP contribution >= 0.6 is 11.6 Å². The van der Waals surface area contributed by atoms with Crippen LogP contribution in [-0.4, -0.2) is 19.2 Å². The van der Waals surface area contributed by atoms with Gasteiger partial charge in [-0.05, 0) is 23.3 Å². The standard InChI is InChI=1S/C11H12ClNO/c12-8-2-1-7-6-14-11-5-13-4-10(11)9(7)3-8/h1-3,10-11,13H,4-6H2/t10-,11-/m0/s1. The first-order valence-electron chi connectivity index (χ1n) is 4.95. The molecule has 0 unspecified atom stereocenters. The maximum Gasteiger partial charge on any atom is 0.0784 e. The van der Waals surface area contributed by atoms with Gasteiger partial charge in [-0.25, -0.2) is 0 Å². The summed E-state index contributed by atoms with van der Waals surface area (Å²) in [6.07, 6.45) is 0.348. The van der Waals surface area contributed by atoms with Crippen molar-refractivity contribution in [2.75, 3.05) is 13.1 Å². The van der Waals surface area contributed by atoms with Crippen molar-refractivity contribution in [3.8, 4) is 0 Å². The summed E-state index contributed by atoms with van der Waals surface area (Å²) in [5.41, 5.74) is 2.66. The van der Waals surface area contributed by atoms with Crippen molar-refractivity contribution >= 4 is 11.6 Å². The highest BCUT2D eigenvalue weighted by Gasteiger charge is 2.34. The molecular weight excluding hydrogens is 198 g/mol. The molecule has 1 fully saturated rings. The summed E-state index contributed by atoms with van der Waals surface area (Å²) in [4.78, 5) is 0. The van der Waals surface area contributed by atoms with E-state index in [-0.39, 0.29) is 0 Å². The Labute approximate surface area is 88.2 Å². The van der Waals surface area contributed by atoms with Crippen LogP contribution in [0.4, 0.5) is 0 Å². The highest BCUT2D eigenvalue weighted by atomic mass is 35.5. The molecule has 1 N–H and O–H groups in total. The van der Waals surface area contributed by atoms with Crippen LogP contribution in [0.15, 0.2) is 18.2 Å². The molecule has 2 nitrogen and oxygen atoms in total. The molecule has 1 saturated heterocycles. The number of hydrogen-bond donors (Lipinski definition) is 1. The predicted octanol–water partition coefficient (Wildman–Crippen LogP) is 1.93. The van der Waals surface area contributed by atoms with E-state index in [2.05, 4.69) is 17.4 Å². The van der Waals surface area contributed by atoms with E-state index in [0.29, 0.717) is 12.0 Å². The van der Waals surface area contributed by atoms with Crippen LogP contribution in [-0.2, 0) is 11.3 Å². The van der Waals surface area contributed by atoms with Crippen molar-refractivity contribution in [3.63, 3.8) is 0 Å². The molecule has 0 amide bonds. The van der Waals surface area contributed by atoms with Gasteiger partial charge in [-0.15, -0.1) is 0 Å². The van der Waals surface area contributed by atoms with E-state index >= 15 is 0 Å². The van der Waals surface area contributed by atoms with Crippen molar-refractivity contribution < 1.29 is 4.74 Å². The Hall–Kier alpha value is -0.570. The molecule has 2 atom stereocenters. The molecule has 0 aliphatic carbocycles. The van der Waals surface area contributed by atoms with Gasteiger partial charge in [-0.2, -0.15) is 0 Å². The van der Waals surface area contributed by atoms with E-state index in [4.69, 9.17) is 16.3 Å². The van der Waals surface area contributed by atoms with Crippen molar-refractivity contribution in [1.82, 2.24) is 5.32 Å².